The third-order valence-electron chi connectivity index (χ3n) is 5.77. The van der Waals surface area contributed by atoms with Crippen molar-refractivity contribution in [1.82, 2.24) is 9.80 Å². The normalized spacial score (nSPS) is 14.4. The molecule has 1 aliphatic rings. The van der Waals surface area contributed by atoms with Crippen molar-refractivity contribution in [2.24, 2.45) is 0 Å². The van der Waals surface area contributed by atoms with E-state index in [2.05, 4.69) is 4.90 Å². The molecule has 164 valence electrons. The first-order valence-corrected chi connectivity index (χ1v) is 11.3. The number of benzene rings is 3. The molecule has 1 aliphatic heterocycles. The average Bonchev–Trinajstić information content (AvgIpc) is 2.81. The lowest BCUT2D eigenvalue weighted by atomic mass is 9.97. The Balaban J connectivity index is 1.44. The second-order valence-electron chi connectivity index (χ2n) is 8.06. The zero-order valence-electron chi connectivity index (χ0n) is 17.9. The van der Waals surface area contributed by atoms with Gasteiger partial charge in [0.2, 0.25) is 0 Å². The zero-order valence-corrected chi connectivity index (χ0v) is 19.4. The molecule has 4 nitrogen and oxygen atoms in total. The molecule has 1 saturated heterocycles. The second-order valence-corrected chi connectivity index (χ2v) is 8.87. The van der Waals surface area contributed by atoms with Crippen molar-refractivity contribution < 1.29 is 9.59 Å². The molecule has 0 unspecified atom stereocenters. The molecular formula is C26H24Cl2N2O2. The van der Waals surface area contributed by atoms with Crippen molar-refractivity contribution >= 4 is 34.9 Å². The number of halogens is 2. The average molecular weight is 467 g/mol. The van der Waals surface area contributed by atoms with Crippen molar-refractivity contribution in [3.63, 3.8) is 0 Å². The highest BCUT2D eigenvalue weighted by atomic mass is 35.5. The van der Waals surface area contributed by atoms with Gasteiger partial charge in [-0.15, -0.1) is 0 Å². The highest BCUT2D eigenvalue weighted by Crippen LogP contribution is 2.24. The van der Waals surface area contributed by atoms with Gasteiger partial charge in [0, 0.05) is 43.9 Å². The molecule has 6 heteroatoms. The number of ketones is 1. The summed E-state index contributed by atoms with van der Waals surface area (Å²) in [5, 5.41) is 1.09. The number of aryl methyl sites for hydroxylation is 1. The van der Waals surface area contributed by atoms with Crippen LogP contribution in [-0.2, 0) is 6.54 Å². The molecule has 32 heavy (non-hydrogen) atoms. The van der Waals surface area contributed by atoms with Crippen LogP contribution in [0.15, 0.2) is 66.7 Å². The monoisotopic (exact) mass is 466 g/mol. The van der Waals surface area contributed by atoms with Crippen LogP contribution in [0.4, 0.5) is 0 Å². The maximum Gasteiger partial charge on any atom is 0.254 e. The summed E-state index contributed by atoms with van der Waals surface area (Å²) in [7, 11) is 0. The summed E-state index contributed by atoms with van der Waals surface area (Å²) in [4.78, 5) is 30.5. The molecule has 1 fully saturated rings. The van der Waals surface area contributed by atoms with Crippen LogP contribution in [0.1, 0.15) is 37.4 Å². The first-order chi connectivity index (χ1) is 15.4. The lowest BCUT2D eigenvalue weighted by Gasteiger charge is -2.35. The summed E-state index contributed by atoms with van der Waals surface area (Å²) in [6, 6.07) is 20.2. The van der Waals surface area contributed by atoms with E-state index in [0.717, 1.165) is 30.8 Å². The highest BCUT2D eigenvalue weighted by Gasteiger charge is 2.25. The Hall–Kier alpha value is -2.66. The summed E-state index contributed by atoms with van der Waals surface area (Å²) < 4.78 is 0. The molecule has 0 saturated carbocycles. The fraction of sp³-hybridized carbons (Fsp3) is 0.231. The van der Waals surface area contributed by atoms with Crippen LogP contribution >= 0.6 is 23.2 Å². The van der Waals surface area contributed by atoms with Gasteiger partial charge in [0.25, 0.3) is 5.91 Å². The first-order valence-electron chi connectivity index (χ1n) is 10.6. The van der Waals surface area contributed by atoms with E-state index in [1.807, 2.05) is 36.1 Å². The standard InChI is InChI=1S/C26H24Cl2N2O2/c1-18-6-9-20(10-7-18)25(31)21-4-2-3-5-22(21)26(32)30-14-12-29(13-15-30)17-19-8-11-23(27)24(28)16-19/h2-11,16H,12-15,17H2,1H3. The molecule has 0 atom stereocenters. The minimum Gasteiger partial charge on any atom is -0.336 e. The number of hydrogen-bond acceptors (Lipinski definition) is 3. The molecule has 0 aromatic heterocycles. The summed E-state index contributed by atoms with van der Waals surface area (Å²) in [6.45, 7) is 5.44. The molecule has 0 radical (unpaired) electrons. The maximum atomic E-state index is 13.3. The van der Waals surface area contributed by atoms with Gasteiger partial charge >= 0.3 is 0 Å². The van der Waals surface area contributed by atoms with E-state index in [0.29, 0.717) is 39.8 Å². The van der Waals surface area contributed by atoms with Gasteiger partial charge in [-0.3, -0.25) is 14.5 Å². The Bertz CT molecular complexity index is 1140. The Morgan fingerprint density at radius 3 is 2.12 bits per heavy atom. The van der Waals surface area contributed by atoms with Crippen molar-refractivity contribution in [3.8, 4) is 0 Å². The van der Waals surface area contributed by atoms with Gasteiger partial charge in [-0.25, -0.2) is 0 Å². The minimum absolute atomic E-state index is 0.102. The van der Waals surface area contributed by atoms with E-state index in [-0.39, 0.29) is 11.7 Å². The number of carbonyl (C=O) groups excluding carboxylic acids is 2. The van der Waals surface area contributed by atoms with Crippen LogP contribution < -0.4 is 0 Å². The SMILES string of the molecule is Cc1ccc(C(=O)c2ccccc2C(=O)N2CCN(Cc3ccc(Cl)c(Cl)c3)CC2)cc1. The molecule has 4 rings (SSSR count). The number of nitrogens with zero attached hydrogens (tertiary/aromatic N) is 2. The van der Waals surface area contributed by atoms with E-state index in [4.69, 9.17) is 23.2 Å². The van der Waals surface area contributed by atoms with Gasteiger partial charge in [0.1, 0.15) is 0 Å². The van der Waals surface area contributed by atoms with Crippen molar-refractivity contribution in [2.75, 3.05) is 26.2 Å². The second kappa shape index (κ2) is 9.86. The molecule has 1 amide bonds. The number of carbonyl (C=O) groups is 2. The van der Waals surface area contributed by atoms with Crippen LogP contribution in [0, 0.1) is 6.92 Å². The largest absolute Gasteiger partial charge is 0.336 e. The lowest BCUT2D eigenvalue weighted by Crippen LogP contribution is -2.48. The number of amides is 1. The van der Waals surface area contributed by atoms with E-state index in [1.54, 1.807) is 42.5 Å². The third-order valence-corrected chi connectivity index (χ3v) is 6.50. The first kappa shape index (κ1) is 22.5. The lowest BCUT2D eigenvalue weighted by molar-refractivity contribution is 0.0625. The van der Waals surface area contributed by atoms with Crippen LogP contribution in [-0.4, -0.2) is 47.7 Å². The summed E-state index contributed by atoms with van der Waals surface area (Å²) >= 11 is 12.1. The van der Waals surface area contributed by atoms with Crippen LogP contribution in [0.25, 0.3) is 0 Å². The predicted octanol–water partition coefficient (Wildman–Crippen LogP) is 5.49. The third kappa shape index (κ3) is 5.04. The van der Waals surface area contributed by atoms with Gasteiger partial charge in [0.15, 0.2) is 5.78 Å². The van der Waals surface area contributed by atoms with Gasteiger partial charge < -0.3 is 4.90 Å². The summed E-state index contributed by atoms with van der Waals surface area (Å²) in [5.74, 6) is -0.234. The smallest absolute Gasteiger partial charge is 0.254 e. The minimum atomic E-state index is -0.132. The molecule has 0 bridgehead atoms. The number of rotatable bonds is 5. The molecule has 0 spiro atoms. The summed E-state index contributed by atoms with van der Waals surface area (Å²) in [6.07, 6.45) is 0. The summed E-state index contributed by atoms with van der Waals surface area (Å²) in [5.41, 5.74) is 3.66. The van der Waals surface area contributed by atoms with E-state index < -0.39 is 0 Å². The highest BCUT2D eigenvalue weighted by molar-refractivity contribution is 6.42. The fourth-order valence-electron chi connectivity index (χ4n) is 3.90. The molecule has 3 aromatic carbocycles. The Morgan fingerprint density at radius 1 is 0.812 bits per heavy atom. The fourth-order valence-corrected chi connectivity index (χ4v) is 4.22. The molecule has 1 heterocycles. The Morgan fingerprint density at radius 2 is 1.47 bits per heavy atom. The van der Waals surface area contributed by atoms with Crippen molar-refractivity contribution in [3.05, 3.63) is 105 Å². The van der Waals surface area contributed by atoms with Crippen LogP contribution in [0.3, 0.4) is 0 Å². The topological polar surface area (TPSA) is 40.6 Å². The van der Waals surface area contributed by atoms with Crippen LogP contribution in [0.5, 0.6) is 0 Å². The maximum absolute atomic E-state index is 13.3. The number of piperazine rings is 1. The molecule has 3 aromatic rings. The van der Waals surface area contributed by atoms with Gasteiger partial charge in [-0.05, 0) is 30.7 Å². The van der Waals surface area contributed by atoms with Crippen molar-refractivity contribution in [2.45, 2.75) is 13.5 Å². The Labute approximate surface area is 198 Å². The zero-order chi connectivity index (χ0) is 22.7. The van der Waals surface area contributed by atoms with E-state index in [1.165, 1.54) is 0 Å². The van der Waals surface area contributed by atoms with Gasteiger partial charge in [-0.2, -0.15) is 0 Å². The van der Waals surface area contributed by atoms with Gasteiger partial charge in [0.05, 0.1) is 15.6 Å². The molecular weight excluding hydrogens is 443 g/mol. The quantitative estimate of drug-likeness (QED) is 0.466. The predicted molar refractivity (Wildman–Crippen MR) is 129 cm³/mol. The van der Waals surface area contributed by atoms with Gasteiger partial charge in [-0.1, -0.05) is 77.3 Å². The number of hydrogen-bond donors (Lipinski definition) is 0. The van der Waals surface area contributed by atoms with E-state index >= 15 is 0 Å². The van der Waals surface area contributed by atoms with Crippen LogP contribution in [0.2, 0.25) is 10.0 Å². The molecule has 0 aliphatic carbocycles. The Kier molecular flexibility index (Phi) is 6.95. The van der Waals surface area contributed by atoms with Crippen molar-refractivity contribution in [1.29, 1.82) is 0 Å². The molecule has 0 N–H and O–H groups in total. The van der Waals surface area contributed by atoms with E-state index in [9.17, 15) is 9.59 Å².